The van der Waals surface area contributed by atoms with E-state index in [2.05, 4.69) is 0 Å². The van der Waals surface area contributed by atoms with Crippen molar-refractivity contribution >= 4 is 62.3 Å². The number of fused-ring (bicyclic) bond motifs is 5. The molecule has 2 atom stereocenters. The van der Waals surface area contributed by atoms with Crippen molar-refractivity contribution in [1.29, 1.82) is 0 Å². The lowest BCUT2D eigenvalue weighted by Crippen LogP contribution is -2.37. The summed E-state index contributed by atoms with van der Waals surface area (Å²) in [6.45, 7) is 5.44. The number of Topliss-reactive ketones (excluding diaryl/α,β-unsaturated/α-hetero) is 2. The van der Waals surface area contributed by atoms with Gasteiger partial charge in [0.05, 0.1) is 27.4 Å². The van der Waals surface area contributed by atoms with Crippen molar-refractivity contribution in [1.82, 2.24) is 0 Å². The number of hydrogen-bond donors (Lipinski definition) is 0. The topological polar surface area (TPSA) is 60.4 Å². The minimum atomic E-state index is -0.957. The number of halogens is 2. The molecule has 1 aliphatic carbocycles. The molecule has 5 aromatic rings. The van der Waals surface area contributed by atoms with Crippen LogP contribution in [0.2, 0.25) is 10.0 Å². The Hall–Kier alpha value is -3.99. The second-order valence-corrected chi connectivity index (χ2v) is 12.5. The largest absolute Gasteiger partial charge is 0.456 e. The average Bonchev–Trinajstić information content (AvgIpc) is 2.96. The minimum Gasteiger partial charge on any atom is -0.456 e. The fraction of sp³-hybridized carbons (Fsp3) is 0.194. The van der Waals surface area contributed by atoms with Crippen LogP contribution in [0.15, 0.2) is 91.0 Å². The zero-order chi connectivity index (χ0) is 29.8. The van der Waals surface area contributed by atoms with Gasteiger partial charge in [0, 0.05) is 5.56 Å². The van der Waals surface area contributed by atoms with E-state index in [0.717, 1.165) is 21.5 Å². The van der Waals surface area contributed by atoms with E-state index in [1.165, 1.54) is 0 Å². The van der Waals surface area contributed by atoms with E-state index < -0.39 is 23.4 Å². The number of carbonyl (C=O) groups is 3. The van der Waals surface area contributed by atoms with Gasteiger partial charge < -0.3 is 4.74 Å². The number of esters is 1. The first-order valence-electron chi connectivity index (χ1n) is 13.8. The molecule has 6 heteroatoms. The van der Waals surface area contributed by atoms with Crippen molar-refractivity contribution in [2.24, 2.45) is 5.92 Å². The molecule has 0 aromatic heterocycles. The van der Waals surface area contributed by atoms with Crippen LogP contribution in [0.4, 0.5) is 0 Å². The lowest BCUT2D eigenvalue weighted by Gasteiger charge is -2.31. The van der Waals surface area contributed by atoms with Gasteiger partial charge in [-0.3, -0.25) is 9.59 Å². The highest BCUT2D eigenvalue weighted by Gasteiger charge is 2.43. The summed E-state index contributed by atoms with van der Waals surface area (Å²) >= 11 is 12.8. The Balaban J connectivity index is 1.51. The van der Waals surface area contributed by atoms with Crippen LogP contribution in [0.5, 0.6) is 0 Å². The Labute approximate surface area is 254 Å². The van der Waals surface area contributed by atoms with E-state index in [0.29, 0.717) is 37.9 Å². The number of hydrogen-bond acceptors (Lipinski definition) is 4. The number of ketones is 2. The zero-order valence-corrected chi connectivity index (χ0v) is 24.9. The van der Waals surface area contributed by atoms with Gasteiger partial charge >= 0.3 is 5.97 Å². The molecule has 2 unspecified atom stereocenters. The lowest BCUT2D eigenvalue weighted by molar-refractivity contribution is -0.122. The van der Waals surface area contributed by atoms with Crippen LogP contribution in [0.3, 0.4) is 0 Å². The van der Waals surface area contributed by atoms with E-state index >= 15 is 0 Å². The fourth-order valence-electron chi connectivity index (χ4n) is 5.89. The quantitative estimate of drug-likeness (QED) is 0.118. The molecule has 0 amide bonds. The second-order valence-electron chi connectivity index (χ2n) is 11.7. The smallest absolute Gasteiger partial charge is 0.338 e. The normalized spacial score (nSPS) is 17.0. The van der Waals surface area contributed by atoms with Crippen LogP contribution < -0.4 is 0 Å². The molecular formula is C36H28Cl2O4. The van der Waals surface area contributed by atoms with Crippen LogP contribution >= 0.6 is 23.2 Å². The van der Waals surface area contributed by atoms with E-state index in [4.69, 9.17) is 27.9 Å². The maximum Gasteiger partial charge on any atom is 0.338 e. The van der Waals surface area contributed by atoms with Gasteiger partial charge in [-0.1, -0.05) is 96.0 Å². The predicted octanol–water partition coefficient (Wildman–Crippen LogP) is 9.01. The van der Waals surface area contributed by atoms with Crippen LogP contribution in [0, 0.1) is 5.92 Å². The van der Waals surface area contributed by atoms with Gasteiger partial charge in [-0.2, -0.15) is 0 Å². The highest BCUT2D eigenvalue weighted by Crippen LogP contribution is 2.43. The number of ether oxygens (including phenoxy) is 1. The van der Waals surface area contributed by atoms with Crippen molar-refractivity contribution in [2.45, 2.75) is 38.7 Å². The first-order valence-corrected chi connectivity index (χ1v) is 14.6. The summed E-state index contributed by atoms with van der Waals surface area (Å²) in [5, 5.41) is 4.58. The molecule has 0 saturated heterocycles. The van der Waals surface area contributed by atoms with Gasteiger partial charge in [0.2, 0.25) is 0 Å². The molecule has 0 bridgehead atoms. The van der Waals surface area contributed by atoms with Crippen molar-refractivity contribution in [2.75, 3.05) is 0 Å². The third kappa shape index (κ3) is 4.99. The van der Waals surface area contributed by atoms with E-state index in [-0.39, 0.29) is 18.0 Å². The summed E-state index contributed by atoms with van der Waals surface area (Å²) < 4.78 is 5.51. The molecule has 0 aliphatic heterocycles. The van der Waals surface area contributed by atoms with Crippen molar-refractivity contribution in [3.8, 4) is 0 Å². The standard InChI is InChI=1S/C36H28Cl2O4/c1-36(2,3)42-35(41)22-13-11-21(12-14-22)30-27-18-17-25-24-9-5-4-7-20(24)15-16-26(25)31(27)34(40)28(33(30)39)19-23-8-6-10-29(37)32(23)38/h4-18,28,30H,19H2,1-3H3. The number of benzene rings is 5. The molecule has 1 aliphatic rings. The number of carbonyl (C=O) groups excluding carboxylic acids is 3. The van der Waals surface area contributed by atoms with Crippen LogP contribution in [0.25, 0.3) is 21.5 Å². The molecule has 0 heterocycles. The zero-order valence-electron chi connectivity index (χ0n) is 23.4. The average molecular weight is 596 g/mol. The summed E-state index contributed by atoms with van der Waals surface area (Å²) in [7, 11) is 0. The first kappa shape index (κ1) is 28.1. The molecule has 210 valence electrons. The Kier molecular flexibility index (Phi) is 7.16. The molecule has 5 aromatic carbocycles. The molecule has 42 heavy (non-hydrogen) atoms. The van der Waals surface area contributed by atoms with Gasteiger partial charge in [-0.15, -0.1) is 0 Å². The molecule has 0 fully saturated rings. The van der Waals surface area contributed by atoms with Gasteiger partial charge in [-0.25, -0.2) is 4.79 Å². The van der Waals surface area contributed by atoms with E-state index in [1.54, 1.807) is 42.5 Å². The van der Waals surface area contributed by atoms with E-state index in [1.807, 2.05) is 69.3 Å². The van der Waals surface area contributed by atoms with Crippen molar-refractivity contribution in [3.63, 3.8) is 0 Å². The summed E-state index contributed by atoms with van der Waals surface area (Å²) in [4.78, 5) is 41.2. The number of rotatable bonds is 4. The Morgan fingerprint density at radius 1 is 0.786 bits per heavy atom. The predicted molar refractivity (Wildman–Crippen MR) is 168 cm³/mol. The van der Waals surface area contributed by atoms with Gasteiger partial charge in [0.1, 0.15) is 5.60 Å². The molecule has 0 saturated carbocycles. The molecule has 4 nitrogen and oxygen atoms in total. The van der Waals surface area contributed by atoms with Crippen LogP contribution in [-0.2, 0) is 16.0 Å². The molecule has 0 N–H and O–H groups in total. The first-order chi connectivity index (χ1) is 20.0. The van der Waals surface area contributed by atoms with Gasteiger partial charge in [0.25, 0.3) is 0 Å². The molecule has 0 radical (unpaired) electrons. The lowest BCUT2D eigenvalue weighted by atomic mass is 9.69. The van der Waals surface area contributed by atoms with Gasteiger partial charge in [0.15, 0.2) is 11.6 Å². The van der Waals surface area contributed by atoms with E-state index in [9.17, 15) is 14.4 Å². The molecule has 6 rings (SSSR count). The highest BCUT2D eigenvalue weighted by atomic mass is 35.5. The summed E-state index contributed by atoms with van der Waals surface area (Å²) in [6, 6.07) is 28.0. The van der Waals surface area contributed by atoms with Crippen molar-refractivity contribution in [3.05, 3.63) is 129 Å². The fourth-order valence-corrected chi connectivity index (χ4v) is 6.29. The highest BCUT2D eigenvalue weighted by molar-refractivity contribution is 6.42. The maximum absolute atomic E-state index is 14.3. The molecular weight excluding hydrogens is 567 g/mol. The summed E-state index contributed by atoms with van der Waals surface area (Å²) in [6.07, 6.45) is 0.132. The van der Waals surface area contributed by atoms with Crippen LogP contribution in [-0.4, -0.2) is 23.1 Å². The monoisotopic (exact) mass is 594 g/mol. The minimum absolute atomic E-state index is 0.132. The molecule has 0 spiro atoms. The third-order valence-electron chi connectivity index (χ3n) is 7.79. The summed E-state index contributed by atoms with van der Waals surface area (Å²) in [5.41, 5.74) is 2.30. The Morgan fingerprint density at radius 3 is 2.24 bits per heavy atom. The SMILES string of the molecule is CC(C)(C)OC(=O)c1ccc(C2C(=O)C(Cc3cccc(Cl)c3Cl)C(=O)c3c2ccc2c3ccc3ccccc32)cc1. The van der Waals surface area contributed by atoms with Gasteiger partial charge in [-0.05, 0) is 83.6 Å². The van der Waals surface area contributed by atoms with Crippen LogP contribution in [0.1, 0.15) is 64.1 Å². The summed E-state index contributed by atoms with van der Waals surface area (Å²) in [5.74, 6) is -2.54. The second kappa shape index (κ2) is 10.7. The van der Waals surface area contributed by atoms with Crippen molar-refractivity contribution < 1.29 is 19.1 Å². The Morgan fingerprint density at radius 2 is 1.50 bits per heavy atom. The maximum atomic E-state index is 14.3. The Bertz CT molecular complexity index is 1900. The third-order valence-corrected chi connectivity index (χ3v) is 8.65.